The Bertz CT molecular complexity index is 600. The van der Waals surface area contributed by atoms with Gasteiger partial charge in [0.05, 0.1) is 11.0 Å². The van der Waals surface area contributed by atoms with E-state index in [1.54, 1.807) is 12.1 Å². The molecule has 1 saturated heterocycles. The summed E-state index contributed by atoms with van der Waals surface area (Å²) < 4.78 is 27.7. The van der Waals surface area contributed by atoms with Crippen LogP contribution in [0, 0.1) is 0 Å². The van der Waals surface area contributed by atoms with E-state index in [0.29, 0.717) is 19.5 Å². The zero-order valence-corrected chi connectivity index (χ0v) is 12.3. The molecule has 7 nitrogen and oxygen atoms in total. The molecule has 1 aliphatic heterocycles. The minimum Gasteiger partial charge on any atom is -0.364 e. The predicted molar refractivity (Wildman–Crippen MR) is 76.6 cm³/mol. The van der Waals surface area contributed by atoms with E-state index in [-0.39, 0.29) is 16.9 Å². The number of primary sulfonamides is 1. The SMILES string of the molecule is NCC1CCC(C(=O)NCc2ccc(S(N)(=O)=O)cc2)O1. The highest BCUT2D eigenvalue weighted by Gasteiger charge is 2.29. The third-order valence-corrected chi connectivity index (χ3v) is 4.31. The second-order valence-corrected chi connectivity index (χ2v) is 6.53. The molecule has 2 unspecified atom stereocenters. The van der Waals surface area contributed by atoms with Crippen LogP contribution in [-0.2, 0) is 26.1 Å². The Hall–Kier alpha value is -1.48. The zero-order valence-electron chi connectivity index (χ0n) is 11.5. The minimum absolute atomic E-state index is 0.0440. The highest BCUT2D eigenvalue weighted by atomic mass is 32.2. The van der Waals surface area contributed by atoms with Crippen LogP contribution in [0.3, 0.4) is 0 Å². The Morgan fingerprint density at radius 1 is 1.29 bits per heavy atom. The highest BCUT2D eigenvalue weighted by Crippen LogP contribution is 2.19. The third-order valence-electron chi connectivity index (χ3n) is 3.38. The van der Waals surface area contributed by atoms with Crippen LogP contribution in [0.5, 0.6) is 0 Å². The Morgan fingerprint density at radius 3 is 2.48 bits per heavy atom. The molecule has 0 radical (unpaired) electrons. The molecule has 0 bridgehead atoms. The maximum absolute atomic E-state index is 11.9. The number of sulfonamides is 1. The molecule has 0 saturated carbocycles. The van der Waals surface area contributed by atoms with Crippen LogP contribution in [0.15, 0.2) is 29.2 Å². The minimum atomic E-state index is -3.69. The number of carbonyl (C=O) groups excluding carboxylic acids is 1. The fourth-order valence-electron chi connectivity index (χ4n) is 2.17. The van der Waals surface area contributed by atoms with Crippen LogP contribution < -0.4 is 16.2 Å². The van der Waals surface area contributed by atoms with Crippen molar-refractivity contribution in [2.75, 3.05) is 6.54 Å². The first kappa shape index (κ1) is 15.9. The first-order valence-corrected chi connectivity index (χ1v) is 8.20. The summed E-state index contributed by atoms with van der Waals surface area (Å²) in [5.74, 6) is -0.179. The normalized spacial score (nSPS) is 22.2. The number of amides is 1. The van der Waals surface area contributed by atoms with Crippen molar-refractivity contribution in [3.05, 3.63) is 29.8 Å². The van der Waals surface area contributed by atoms with Gasteiger partial charge in [-0.15, -0.1) is 0 Å². The number of carbonyl (C=O) groups is 1. The summed E-state index contributed by atoms with van der Waals surface area (Å²) in [6, 6.07) is 6.04. The maximum Gasteiger partial charge on any atom is 0.249 e. The van der Waals surface area contributed by atoms with Crippen molar-refractivity contribution in [3.63, 3.8) is 0 Å². The van der Waals surface area contributed by atoms with Crippen LogP contribution in [0.1, 0.15) is 18.4 Å². The molecule has 8 heteroatoms. The molecule has 116 valence electrons. The number of ether oxygens (including phenoxy) is 1. The van der Waals surface area contributed by atoms with Crippen molar-refractivity contribution >= 4 is 15.9 Å². The molecule has 1 fully saturated rings. The molecule has 0 aliphatic carbocycles. The lowest BCUT2D eigenvalue weighted by Gasteiger charge is -2.12. The lowest BCUT2D eigenvalue weighted by Crippen LogP contribution is -2.35. The van der Waals surface area contributed by atoms with Gasteiger partial charge in [-0.05, 0) is 30.5 Å². The topological polar surface area (TPSA) is 125 Å². The number of nitrogens with two attached hydrogens (primary N) is 2. The lowest BCUT2D eigenvalue weighted by atomic mass is 10.2. The molecule has 5 N–H and O–H groups in total. The smallest absolute Gasteiger partial charge is 0.249 e. The number of nitrogens with one attached hydrogen (secondary N) is 1. The van der Waals surface area contributed by atoms with Crippen molar-refractivity contribution in [1.29, 1.82) is 0 Å². The second kappa shape index (κ2) is 6.52. The Morgan fingerprint density at radius 2 is 1.95 bits per heavy atom. The van der Waals surface area contributed by atoms with Gasteiger partial charge in [-0.3, -0.25) is 4.79 Å². The fraction of sp³-hybridized carbons (Fsp3) is 0.462. The number of hydrogen-bond donors (Lipinski definition) is 3. The van der Waals surface area contributed by atoms with E-state index < -0.39 is 16.1 Å². The highest BCUT2D eigenvalue weighted by molar-refractivity contribution is 7.89. The summed E-state index contributed by atoms with van der Waals surface area (Å²) in [5, 5.41) is 7.77. The van der Waals surface area contributed by atoms with Gasteiger partial charge in [0, 0.05) is 13.1 Å². The van der Waals surface area contributed by atoms with E-state index in [4.69, 9.17) is 15.6 Å². The molecule has 1 aliphatic rings. The van der Waals surface area contributed by atoms with Crippen LogP contribution in [0.4, 0.5) is 0 Å². The molecule has 1 aromatic carbocycles. The van der Waals surface area contributed by atoms with Crippen molar-refractivity contribution in [3.8, 4) is 0 Å². The average Bonchev–Trinajstić information content (AvgIpc) is 2.93. The quantitative estimate of drug-likeness (QED) is 0.673. The van der Waals surface area contributed by atoms with Gasteiger partial charge in [0.25, 0.3) is 0 Å². The maximum atomic E-state index is 11.9. The molecule has 1 amide bonds. The van der Waals surface area contributed by atoms with E-state index in [9.17, 15) is 13.2 Å². The third kappa shape index (κ3) is 4.24. The molecule has 0 spiro atoms. The Balaban J connectivity index is 1.87. The molecule has 21 heavy (non-hydrogen) atoms. The predicted octanol–water partition coefficient (Wildman–Crippen LogP) is -0.543. The van der Waals surface area contributed by atoms with Crippen molar-refractivity contribution in [2.45, 2.75) is 36.5 Å². The first-order valence-electron chi connectivity index (χ1n) is 6.65. The molecular formula is C13H19N3O4S. The molecule has 1 heterocycles. The monoisotopic (exact) mass is 313 g/mol. The van der Waals surface area contributed by atoms with Gasteiger partial charge in [0.15, 0.2) is 0 Å². The van der Waals surface area contributed by atoms with Gasteiger partial charge >= 0.3 is 0 Å². The second-order valence-electron chi connectivity index (χ2n) is 4.97. The van der Waals surface area contributed by atoms with Gasteiger partial charge in [-0.1, -0.05) is 12.1 Å². The molecular weight excluding hydrogens is 294 g/mol. The summed E-state index contributed by atoms with van der Waals surface area (Å²) in [4.78, 5) is 12.0. The summed E-state index contributed by atoms with van der Waals surface area (Å²) in [7, 11) is -3.69. The van der Waals surface area contributed by atoms with E-state index >= 15 is 0 Å². The van der Waals surface area contributed by atoms with Gasteiger partial charge in [0.2, 0.25) is 15.9 Å². The lowest BCUT2D eigenvalue weighted by molar-refractivity contribution is -0.132. The summed E-state index contributed by atoms with van der Waals surface area (Å²) in [6.45, 7) is 0.718. The van der Waals surface area contributed by atoms with E-state index in [2.05, 4.69) is 5.32 Å². The van der Waals surface area contributed by atoms with Gasteiger partial charge < -0.3 is 15.8 Å². The van der Waals surface area contributed by atoms with Crippen LogP contribution in [-0.4, -0.2) is 33.1 Å². The molecule has 0 aromatic heterocycles. The Labute approximate surface area is 123 Å². The summed E-state index contributed by atoms with van der Waals surface area (Å²) in [5.41, 5.74) is 6.28. The number of rotatable bonds is 5. The van der Waals surface area contributed by atoms with Crippen LogP contribution in [0.2, 0.25) is 0 Å². The first-order chi connectivity index (χ1) is 9.90. The van der Waals surface area contributed by atoms with Crippen molar-refractivity contribution in [1.82, 2.24) is 5.32 Å². The molecule has 1 aromatic rings. The van der Waals surface area contributed by atoms with Gasteiger partial charge in [-0.2, -0.15) is 0 Å². The van der Waals surface area contributed by atoms with Gasteiger partial charge in [-0.25, -0.2) is 13.6 Å². The molecule has 2 rings (SSSR count). The van der Waals surface area contributed by atoms with Crippen LogP contribution >= 0.6 is 0 Å². The average molecular weight is 313 g/mol. The summed E-state index contributed by atoms with van der Waals surface area (Å²) >= 11 is 0. The standard InChI is InChI=1S/C13H19N3O4S/c14-7-10-3-6-12(20-10)13(17)16-8-9-1-4-11(5-2-9)21(15,18)19/h1-2,4-5,10,12H,3,6-8,14H2,(H,16,17)(H2,15,18,19). The fourth-order valence-corrected chi connectivity index (χ4v) is 2.69. The van der Waals surface area contributed by atoms with Crippen LogP contribution in [0.25, 0.3) is 0 Å². The summed E-state index contributed by atoms with van der Waals surface area (Å²) in [6.07, 6.45) is 0.951. The molecule has 2 atom stereocenters. The number of hydrogen-bond acceptors (Lipinski definition) is 5. The van der Waals surface area contributed by atoms with E-state index in [1.807, 2.05) is 0 Å². The largest absolute Gasteiger partial charge is 0.364 e. The number of benzene rings is 1. The van der Waals surface area contributed by atoms with E-state index in [0.717, 1.165) is 12.0 Å². The van der Waals surface area contributed by atoms with Crippen molar-refractivity contribution < 1.29 is 17.9 Å². The Kier molecular flexibility index (Phi) is 4.94. The zero-order chi connectivity index (χ0) is 15.5. The van der Waals surface area contributed by atoms with Crippen molar-refractivity contribution in [2.24, 2.45) is 10.9 Å². The van der Waals surface area contributed by atoms with E-state index in [1.165, 1.54) is 12.1 Å². The van der Waals surface area contributed by atoms with Gasteiger partial charge in [0.1, 0.15) is 6.10 Å².